The average Bonchev–Trinajstić information content (AvgIpc) is 2.82. The predicted molar refractivity (Wildman–Crippen MR) is 73.4 cm³/mol. The van der Waals surface area contributed by atoms with E-state index in [0.29, 0.717) is 18.0 Å². The van der Waals surface area contributed by atoms with Crippen molar-refractivity contribution in [2.75, 3.05) is 25.4 Å². The molecule has 0 saturated carbocycles. The lowest BCUT2D eigenvalue weighted by Crippen LogP contribution is -2.27. The van der Waals surface area contributed by atoms with Crippen molar-refractivity contribution in [1.29, 1.82) is 5.26 Å². The van der Waals surface area contributed by atoms with Crippen LogP contribution in [-0.4, -0.2) is 38.7 Å². The summed E-state index contributed by atoms with van der Waals surface area (Å²) >= 11 is 0. The molecule has 1 aliphatic heterocycles. The zero-order valence-electron chi connectivity index (χ0n) is 11.0. The van der Waals surface area contributed by atoms with Crippen LogP contribution in [0.15, 0.2) is 29.2 Å². The van der Waals surface area contributed by atoms with Crippen LogP contribution in [0.25, 0.3) is 0 Å². The largest absolute Gasteiger partial charge is 0.302 e. The second kappa shape index (κ2) is 5.72. The molecule has 0 aliphatic carbocycles. The molecule has 1 saturated heterocycles. The molecule has 0 bridgehead atoms. The number of sulfone groups is 1. The number of likely N-dealkylation sites (tertiary alicyclic amines) is 1. The van der Waals surface area contributed by atoms with E-state index in [4.69, 9.17) is 5.26 Å². The second-order valence-corrected chi connectivity index (χ2v) is 7.26. The van der Waals surface area contributed by atoms with Gasteiger partial charge in [-0.05, 0) is 37.1 Å². The van der Waals surface area contributed by atoms with Gasteiger partial charge in [0.1, 0.15) is 0 Å². The van der Waals surface area contributed by atoms with Gasteiger partial charge in [-0.1, -0.05) is 13.0 Å². The summed E-state index contributed by atoms with van der Waals surface area (Å²) in [5.41, 5.74) is 0.385. The van der Waals surface area contributed by atoms with Crippen LogP contribution in [0.5, 0.6) is 0 Å². The lowest BCUT2D eigenvalue weighted by molar-refractivity contribution is 0.347. The summed E-state index contributed by atoms with van der Waals surface area (Å²) in [6.07, 6.45) is 1.14. The highest BCUT2D eigenvalue weighted by Crippen LogP contribution is 2.17. The van der Waals surface area contributed by atoms with Crippen molar-refractivity contribution in [3.8, 4) is 6.07 Å². The van der Waals surface area contributed by atoms with E-state index in [-0.39, 0.29) is 10.6 Å². The quantitative estimate of drug-likeness (QED) is 0.840. The van der Waals surface area contributed by atoms with Crippen LogP contribution in [0.3, 0.4) is 0 Å². The molecule has 1 heterocycles. The first-order chi connectivity index (χ1) is 9.01. The maximum Gasteiger partial charge on any atom is 0.179 e. The standard InChI is InChI=1S/C14H18N2O2S/c1-12-5-6-16(11-12)7-8-19(17,18)14-4-2-3-13(9-14)10-15/h2-4,9,12H,5-8,11H2,1H3. The lowest BCUT2D eigenvalue weighted by atomic mass is 10.2. The molecule has 1 atom stereocenters. The third kappa shape index (κ3) is 3.55. The molecule has 4 nitrogen and oxygen atoms in total. The van der Waals surface area contributed by atoms with Gasteiger partial charge in [0.2, 0.25) is 0 Å². The van der Waals surface area contributed by atoms with E-state index < -0.39 is 9.84 Å². The molecule has 0 N–H and O–H groups in total. The van der Waals surface area contributed by atoms with Crippen molar-refractivity contribution >= 4 is 9.84 Å². The minimum Gasteiger partial charge on any atom is -0.302 e. The average molecular weight is 278 g/mol. The van der Waals surface area contributed by atoms with Gasteiger partial charge in [-0.2, -0.15) is 5.26 Å². The van der Waals surface area contributed by atoms with E-state index in [1.54, 1.807) is 18.2 Å². The third-order valence-electron chi connectivity index (χ3n) is 3.51. The smallest absolute Gasteiger partial charge is 0.179 e. The molecule has 19 heavy (non-hydrogen) atoms. The van der Waals surface area contributed by atoms with Gasteiger partial charge in [0.05, 0.1) is 22.3 Å². The molecular formula is C14H18N2O2S. The fourth-order valence-corrected chi connectivity index (χ4v) is 3.68. The zero-order valence-corrected chi connectivity index (χ0v) is 11.9. The third-order valence-corrected chi connectivity index (χ3v) is 5.20. The molecule has 1 aromatic carbocycles. The summed E-state index contributed by atoms with van der Waals surface area (Å²) in [6, 6.07) is 8.20. The van der Waals surface area contributed by atoms with Gasteiger partial charge in [0.15, 0.2) is 9.84 Å². The highest BCUT2D eigenvalue weighted by molar-refractivity contribution is 7.91. The van der Waals surface area contributed by atoms with Crippen molar-refractivity contribution < 1.29 is 8.42 Å². The lowest BCUT2D eigenvalue weighted by Gasteiger charge is -2.15. The molecule has 1 aromatic rings. The Bertz CT molecular complexity index is 590. The van der Waals surface area contributed by atoms with Gasteiger partial charge in [-0.25, -0.2) is 8.42 Å². The van der Waals surface area contributed by atoms with Crippen LogP contribution in [-0.2, 0) is 9.84 Å². The first-order valence-electron chi connectivity index (χ1n) is 6.46. The van der Waals surface area contributed by atoms with E-state index in [0.717, 1.165) is 19.5 Å². The van der Waals surface area contributed by atoms with Crippen LogP contribution in [0, 0.1) is 17.2 Å². The number of nitriles is 1. The summed E-state index contributed by atoms with van der Waals surface area (Å²) in [7, 11) is -3.29. The van der Waals surface area contributed by atoms with E-state index in [1.807, 2.05) is 6.07 Å². The summed E-state index contributed by atoms with van der Waals surface area (Å²) in [5.74, 6) is 0.777. The van der Waals surface area contributed by atoms with E-state index >= 15 is 0 Å². The summed E-state index contributed by atoms with van der Waals surface area (Å²) < 4.78 is 24.4. The van der Waals surface area contributed by atoms with Gasteiger partial charge in [-0.15, -0.1) is 0 Å². The fraction of sp³-hybridized carbons (Fsp3) is 0.500. The summed E-state index contributed by atoms with van der Waals surface area (Å²) in [6.45, 7) is 4.72. The number of hydrogen-bond acceptors (Lipinski definition) is 4. The molecule has 1 unspecified atom stereocenters. The molecule has 0 aromatic heterocycles. The fourth-order valence-electron chi connectivity index (χ4n) is 2.36. The first-order valence-corrected chi connectivity index (χ1v) is 8.12. The van der Waals surface area contributed by atoms with Crippen LogP contribution in [0.1, 0.15) is 18.9 Å². The van der Waals surface area contributed by atoms with Crippen LogP contribution in [0.2, 0.25) is 0 Å². The topological polar surface area (TPSA) is 61.2 Å². The highest BCUT2D eigenvalue weighted by atomic mass is 32.2. The predicted octanol–water partition coefficient (Wildman–Crippen LogP) is 1.67. The Balaban J connectivity index is 2.04. The van der Waals surface area contributed by atoms with Crippen LogP contribution in [0.4, 0.5) is 0 Å². The molecular weight excluding hydrogens is 260 g/mol. The molecule has 0 amide bonds. The monoisotopic (exact) mass is 278 g/mol. The molecule has 0 spiro atoms. The van der Waals surface area contributed by atoms with Crippen molar-refractivity contribution in [2.24, 2.45) is 5.92 Å². The Morgan fingerprint density at radius 1 is 1.47 bits per heavy atom. The van der Waals surface area contributed by atoms with Crippen molar-refractivity contribution in [3.05, 3.63) is 29.8 Å². The normalized spacial score (nSPS) is 20.3. The van der Waals surface area contributed by atoms with E-state index in [2.05, 4.69) is 11.8 Å². The summed E-state index contributed by atoms with van der Waals surface area (Å²) in [5, 5.41) is 8.81. The van der Waals surface area contributed by atoms with Gasteiger partial charge >= 0.3 is 0 Å². The minimum atomic E-state index is -3.29. The molecule has 2 rings (SSSR count). The number of benzene rings is 1. The second-order valence-electron chi connectivity index (χ2n) is 5.15. The molecule has 0 radical (unpaired) electrons. The number of nitrogens with zero attached hydrogens (tertiary/aromatic N) is 2. The molecule has 1 fully saturated rings. The number of rotatable bonds is 4. The molecule has 102 valence electrons. The Morgan fingerprint density at radius 2 is 2.26 bits per heavy atom. The molecule has 1 aliphatic rings. The van der Waals surface area contributed by atoms with E-state index in [9.17, 15) is 8.42 Å². The molecule has 5 heteroatoms. The Kier molecular flexibility index (Phi) is 4.23. The first kappa shape index (κ1) is 14.0. The highest BCUT2D eigenvalue weighted by Gasteiger charge is 2.21. The maximum absolute atomic E-state index is 12.2. The van der Waals surface area contributed by atoms with Crippen molar-refractivity contribution in [3.63, 3.8) is 0 Å². The van der Waals surface area contributed by atoms with Gasteiger partial charge in [0, 0.05) is 13.1 Å². The number of hydrogen-bond donors (Lipinski definition) is 0. The summed E-state index contributed by atoms with van der Waals surface area (Å²) in [4.78, 5) is 2.44. The minimum absolute atomic E-state index is 0.120. The van der Waals surface area contributed by atoms with Gasteiger partial charge in [0.25, 0.3) is 0 Å². The Morgan fingerprint density at radius 3 is 2.89 bits per heavy atom. The van der Waals surface area contributed by atoms with Crippen molar-refractivity contribution in [2.45, 2.75) is 18.2 Å². The van der Waals surface area contributed by atoms with Gasteiger partial charge in [-0.3, -0.25) is 0 Å². The Hall–Kier alpha value is -1.38. The van der Waals surface area contributed by atoms with E-state index in [1.165, 1.54) is 6.07 Å². The maximum atomic E-state index is 12.2. The zero-order chi connectivity index (χ0) is 13.9. The van der Waals surface area contributed by atoms with Crippen LogP contribution >= 0.6 is 0 Å². The van der Waals surface area contributed by atoms with Crippen LogP contribution < -0.4 is 0 Å². The SMILES string of the molecule is CC1CCN(CCS(=O)(=O)c2cccc(C#N)c2)C1. The van der Waals surface area contributed by atoms with Crippen molar-refractivity contribution in [1.82, 2.24) is 4.90 Å². The van der Waals surface area contributed by atoms with Gasteiger partial charge < -0.3 is 4.90 Å². The Labute approximate surface area is 114 Å².